The predicted octanol–water partition coefficient (Wildman–Crippen LogP) is 5.19. The molecule has 1 saturated carbocycles. The first kappa shape index (κ1) is 16.9. The molecule has 0 spiro atoms. The van der Waals surface area contributed by atoms with Crippen molar-refractivity contribution in [3.63, 3.8) is 0 Å². The van der Waals surface area contributed by atoms with Gasteiger partial charge in [0.15, 0.2) is 0 Å². The molecule has 0 N–H and O–H groups in total. The van der Waals surface area contributed by atoms with Gasteiger partial charge in [0, 0.05) is 42.9 Å². The minimum Gasteiger partial charge on any atom is -0.369 e. The van der Waals surface area contributed by atoms with E-state index in [1.807, 2.05) is 12.1 Å². The van der Waals surface area contributed by atoms with Gasteiger partial charge in [-0.05, 0) is 61.4 Å². The molecule has 0 radical (unpaired) electrons. The fourth-order valence-electron chi connectivity index (χ4n) is 4.50. The molecule has 1 aliphatic carbocycles. The number of nitrogens with zero attached hydrogens (tertiary/aromatic N) is 2. The first-order valence-electron chi connectivity index (χ1n) is 9.59. The van der Waals surface area contributed by atoms with Crippen LogP contribution in [0.3, 0.4) is 0 Å². The molecule has 2 aliphatic rings. The standard InChI is InChI=1S/C22H27ClN2/c23-20-8-12-22(13-9-20)25-16-14-24(15-17-25)21-10-6-19(7-11-21)18-4-2-1-3-5-18/h1-5,8-9,12-13,19,21H,6-7,10-11,14-17H2. The number of hydrogen-bond acceptors (Lipinski definition) is 2. The summed E-state index contributed by atoms with van der Waals surface area (Å²) in [5, 5.41) is 0.817. The average molecular weight is 355 g/mol. The summed E-state index contributed by atoms with van der Waals surface area (Å²) in [7, 11) is 0. The highest BCUT2D eigenvalue weighted by Gasteiger charge is 2.28. The van der Waals surface area contributed by atoms with Gasteiger partial charge < -0.3 is 4.90 Å². The molecule has 1 saturated heterocycles. The van der Waals surface area contributed by atoms with Gasteiger partial charge >= 0.3 is 0 Å². The van der Waals surface area contributed by atoms with Crippen molar-refractivity contribution in [2.75, 3.05) is 31.1 Å². The van der Waals surface area contributed by atoms with E-state index >= 15 is 0 Å². The quantitative estimate of drug-likeness (QED) is 0.748. The maximum Gasteiger partial charge on any atom is 0.0407 e. The summed E-state index contributed by atoms with van der Waals surface area (Å²) in [5.41, 5.74) is 2.84. The number of anilines is 1. The lowest BCUT2D eigenvalue weighted by Gasteiger charge is -2.42. The second-order valence-electron chi connectivity index (χ2n) is 7.42. The van der Waals surface area contributed by atoms with E-state index in [2.05, 4.69) is 52.3 Å². The molecule has 1 heterocycles. The Morgan fingerprint density at radius 2 is 1.36 bits per heavy atom. The highest BCUT2D eigenvalue weighted by atomic mass is 35.5. The Balaban J connectivity index is 1.28. The monoisotopic (exact) mass is 354 g/mol. The van der Waals surface area contributed by atoms with Crippen LogP contribution < -0.4 is 4.90 Å². The Morgan fingerprint density at radius 3 is 2.00 bits per heavy atom. The normalized spacial score (nSPS) is 25.1. The first-order chi connectivity index (χ1) is 12.3. The molecule has 0 unspecified atom stereocenters. The zero-order valence-electron chi connectivity index (χ0n) is 14.8. The van der Waals surface area contributed by atoms with E-state index < -0.39 is 0 Å². The summed E-state index contributed by atoms with van der Waals surface area (Å²) in [4.78, 5) is 5.22. The highest BCUT2D eigenvalue weighted by Crippen LogP contribution is 2.35. The fourth-order valence-corrected chi connectivity index (χ4v) is 4.62. The second-order valence-corrected chi connectivity index (χ2v) is 7.85. The van der Waals surface area contributed by atoms with Crippen molar-refractivity contribution < 1.29 is 0 Å². The van der Waals surface area contributed by atoms with Crippen molar-refractivity contribution in [3.05, 3.63) is 65.2 Å². The van der Waals surface area contributed by atoms with Crippen molar-refractivity contribution in [1.82, 2.24) is 4.90 Å². The van der Waals surface area contributed by atoms with Crippen LogP contribution in [0.4, 0.5) is 5.69 Å². The third kappa shape index (κ3) is 4.02. The SMILES string of the molecule is Clc1ccc(N2CCN(C3CCC(c4ccccc4)CC3)CC2)cc1. The zero-order valence-corrected chi connectivity index (χ0v) is 15.5. The smallest absolute Gasteiger partial charge is 0.0407 e. The molecule has 3 heteroatoms. The van der Waals surface area contributed by atoms with E-state index in [1.54, 1.807) is 0 Å². The molecule has 0 amide bonds. The van der Waals surface area contributed by atoms with Gasteiger partial charge in [-0.15, -0.1) is 0 Å². The Labute approximate surface area is 156 Å². The molecule has 2 aromatic carbocycles. The van der Waals surface area contributed by atoms with Gasteiger partial charge in [0.05, 0.1) is 0 Å². The molecule has 2 aromatic rings. The van der Waals surface area contributed by atoms with E-state index in [0.29, 0.717) is 0 Å². The van der Waals surface area contributed by atoms with Crippen molar-refractivity contribution >= 4 is 17.3 Å². The van der Waals surface area contributed by atoms with Gasteiger partial charge in [-0.3, -0.25) is 4.90 Å². The summed E-state index contributed by atoms with van der Waals surface area (Å²) < 4.78 is 0. The molecule has 0 bridgehead atoms. The van der Waals surface area contributed by atoms with Crippen LogP contribution in [0, 0.1) is 0 Å². The van der Waals surface area contributed by atoms with Crippen LogP contribution in [0.1, 0.15) is 37.2 Å². The Hall–Kier alpha value is -1.51. The van der Waals surface area contributed by atoms with E-state index in [9.17, 15) is 0 Å². The average Bonchev–Trinajstić information content (AvgIpc) is 2.70. The number of piperazine rings is 1. The molecule has 132 valence electrons. The number of halogens is 1. The number of hydrogen-bond donors (Lipinski definition) is 0. The number of benzene rings is 2. The van der Waals surface area contributed by atoms with Crippen LogP contribution in [0.15, 0.2) is 54.6 Å². The van der Waals surface area contributed by atoms with Crippen molar-refractivity contribution in [3.8, 4) is 0 Å². The third-order valence-electron chi connectivity index (χ3n) is 5.99. The zero-order chi connectivity index (χ0) is 17.1. The summed E-state index contributed by atoms with van der Waals surface area (Å²) in [6.07, 6.45) is 5.37. The summed E-state index contributed by atoms with van der Waals surface area (Å²) in [6, 6.07) is 20.1. The van der Waals surface area contributed by atoms with Crippen LogP contribution in [0.2, 0.25) is 5.02 Å². The highest BCUT2D eigenvalue weighted by molar-refractivity contribution is 6.30. The number of rotatable bonds is 3. The van der Waals surface area contributed by atoms with Crippen LogP contribution in [-0.4, -0.2) is 37.1 Å². The van der Waals surface area contributed by atoms with Crippen molar-refractivity contribution in [2.45, 2.75) is 37.6 Å². The van der Waals surface area contributed by atoms with Gasteiger partial charge in [-0.1, -0.05) is 41.9 Å². The van der Waals surface area contributed by atoms with Crippen molar-refractivity contribution in [1.29, 1.82) is 0 Å². The molecule has 0 aromatic heterocycles. The molecule has 1 aliphatic heterocycles. The fraction of sp³-hybridized carbons (Fsp3) is 0.455. The summed E-state index contributed by atoms with van der Waals surface area (Å²) in [5.74, 6) is 0.771. The molecular weight excluding hydrogens is 328 g/mol. The van der Waals surface area contributed by atoms with E-state index in [0.717, 1.165) is 30.1 Å². The van der Waals surface area contributed by atoms with Crippen molar-refractivity contribution in [2.24, 2.45) is 0 Å². The largest absolute Gasteiger partial charge is 0.369 e. The molecule has 4 rings (SSSR count). The summed E-state index contributed by atoms with van der Waals surface area (Å²) in [6.45, 7) is 4.62. The van der Waals surface area contributed by atoms with Crippen LogP contribution >= 0.6 is 11.6 Å². The lowest BCUT2D eigenvalue weighted by molar-refractivity contribution is 0.141. The minimum absolute atomic E-state index is 0.771. The van der Waals surface area contributed by atoms with Crippen LogP contribution in [0.25, 0.3) is 0 Å². The van der Waals surface area contributed by atoms with Gasteiger partial charge in [-0.2, -0.15) is 0 Å². The molecule has 2 fully saturated rings. The van der Waals surface area contributed by atoms with Gasteiger partial charge in [0.25, 0.3) is 0 Å². The third-order valence-corrected chi connectivity index (χ3v) is 6.24. The Morgan fingerprint density at radius 1 is 0.720 bits per heavy atom. The molecule has 2 nitrogen and oxygen atoms in total. The molecule has 0 atom stereocenters. The van der Waals surface area contributed by atoms with E-state index in [4.69, 9.17) is 11.6 Å². The van der Waals surface area contributed by atoms with Gasteiger partial charge in [-0.25, -0.2) is 0 Å². The Kier molecular flexibility index (Phi) is 5.28. The minimum atomic E-state index is 0.771. The van der Waals surface area contributed by atoms with Gasteiger partial charge in [0.1, 0.15) is 0 Å². The first-order valence-corrected chi connectivity index (χ1v) is 9.97. The predicted molar refractivity (Wildman–Crippen MR) is 107 cm³/mol. The maximum absolute atomic E-state index is 6.00. The van der Waals surface area contributed by atoms with Crippen LogP contribution in [-0.2, 0) is 0 Å². The second kappa shape index (κ2) is 7.80. The van der Waals surface area contributed by atoms with E-state index in [-0.39, 0.29) is 0 Å². The lowest BCUT2D eigenvalue weighted by atomic mass is 9.81. The Bertz CT molecular complexity index is 654. The van der Waals surface area contributed by atoms with E-state index in [1.165, 1.54) is 50.0 Å². The topological polar surface area (TPSA) is 6.48 Å². The molecule has 25 heavy (non-hydrogen) atoms. The van der Waals surface area contributed by atoms with Crippen LogP contribution in [0.5, 0.6) is 0 Å². The molecular formula is C22H27ClN2. The maximum atomic E-state index is 6.00. The lowest BCUT2D eigenvalue weighted by Crippen LogP contribution is -2.51. The van der Waals surface area contributed by atoms with Gasteiger partial charge in [0.2, 0.25) is 0 Å². The summed E-state index contributed by atoms with van der Waals surface area (Å²) >= 11 is 6.00.